The average molecular weight is 375 g/mol. The Morgan fingerprint density at radius 3 is 2.37 bits per heavy atom. The van der Waals surface area contributed by atoms with E-state index in [4.69, 9.17) is 0 Å². The maximum Gasteiger partial charge on any atom is 0.416 e. The van der Waals surface area contributed by atoms with Crippen LogP contribution in [0.25, 0.3) is 0 Å². The fourth-order valence-electron chi connectivity index (χ4n) is 2.34. The molecule has 3 aromatic rings. The largest absolute Gasteiger partial charge is 0.416 e. The number of nitrogens with zero attached hydrogens (tertiary/aromatic N) is 1. The highest BCUT2D eigenvalue weighted by molar-refractivity contribution is 6.04. The molecule has 0 saturated carbocycles. The second-order valence-corrected chi connectivity index (χ2v) is 5.63. The Morgan fingerprint density at radius 1 is 0.889 bits per heavy atom. The number of rotatable bonds is 4. The van der Waals surface area contributed by atoms with E-state index in [1.807, 2.05) is 0 Å². The highest BCUT2D eigenvalue weighted by Crippen LogP contribution is 2.30. The van der Waals surface area contributed by atoms with E-state index in [-0.39, 0.29) is 11.3 Å². The molecular formula is C19H13F4N3O. The van der Waals surface area contributed by atoms with Gasteiger partial charge in [0.05, 0.1) is 23.0 Å². The van der Waals surface area contributed by atoms with E-state index in [0.29, 0.717) is 11.4 Å². The van der Waals surface area contributed by atoms with Crippen LogP contribution in [0.15, 0.2) is 67.0 Å². The fourth-order valence-corrected chi connectivity index (χ4v) is 2.34. The van der Waals surface area contributed by atoms with Gasteiger partial charge < -0.3 is 10.6 Å². The van der Waals surface area contributed by atoms with Gasteiger partial charge in [0.15, 0.2) is 0 Å². The van der Waals surface area contributed by atoms with Crippen molar-refractivity contribution in [3.63, 3.8) is 0 Å². The van der Waals surface area contributed by atoms with Gasteiger partial charge in [0, 0.05) is 17.6 Å². The van der Waals surface area contributed by atoms with Gasteiger partial charge in [0.25, 0.3) is 5.91 Å². The van der Waals surface area contributed by atoms with Crippen molar-refractivity contribution in [1.82, 2.24) is 4.98 Å². The molecule has 8 heteroatoms. The number of amides is 1. The Kier molecular flexibility index (Phi) is 5.07. The minimum atomic E-state index is -4.50. The zero-order chi connectivity index (χ0) is 19.4. The molecule has 27 heavy (non-hydrogen) atoms. The van der Waals surface area contributed by atoms with Gasteiger partial charge >= 0.3 is 6.18 Å². The molecule has 4 nitrogen and oxygen atoms in total. The Labute approximate surface area is 151 Å². The number of hydrogen-bond acceptors (Lipinski definition) is 3. The van der Waals surface area contributed by atoms with E-state index < -0.39 is 23.5 Å². The molecule has 0 saturated heterocycles. The normalized spacial score (nSPS) is 11.1. The summed E-state index contributed by atoms with van der Waals surface area (Å²) in [4.78, 5) is 16.2. The zero-order valence-electron chi connectivity index (χ0n) is 13.7. The third-order valence-electron chi connectivity index (χ3n) is 3.56. The molecule has 2 aromatic carbocycles. The summed E-state index contributed by atoms with van der Waals surface area (Å²) in [5, 5.41) is 5.31. The molecule has 0 aliphatic carbocycles. The van der Waals surface area contributed by atoms with Gasteiger partial charge in [0.1, 0.15) is 5.82 Å². The first kappa shape index (κ1) is 18.4. The molecule has 0 spiro atoms. The summed E-state index contributed by atoms with van der Waals surface area (Å²) >= 11 is 0. The van der Waals surface area contributed by atoms with Crippen molar-refractivity contribution in [3.05, 3.63) is 83.9 Å². The summed E-state index contributed by atoms with van der Waals surface area (Å²) in [6.45, 7) is 0. The lowest BCUT2D eigenvalue weighted by Gasteiger charge is -2.11. The van der Waals surface area contributed by atoms with Gasteiger partial charge in [-0.3, -0.25) is 9.78 Å². The van der Waals surface area contributed by atoms with Crippen LogP contribution in [0.4, 0.5) is 34.6 Å². The molecule has 0 fully saturated rings. The number of carbonyl (C=O) groups excluding carboxylic acids is 1. The summed E-state index contributed by atoms with van der Waals surface area (Å²) in [5.74, 6) is -1.05. The monoisotopic (exact) mass is 375 g/mol. The van der Waals surface area contributed by atoms with Crippen LogP contribution in [0.2, 0.25) is 0 Å². The van der Waals surface area contributed by atoms with Crippen LogP contribution in [-0.2, 0) is 6.18 Å². The number of aromatic nitrogens is 1. The van der Waals surface area contributed by atoms with Gasteiger partial charge in [0.2, 0.25) is 0 Å². The molecule has 0 bridgehead atoms. The topological polar surface area (TPSA) is 54.0 Å². The first-order chi connectivity index (χ1) is 12.8. The van der Waals surface area contributed by atoms with E-state index in [9.17, 15) is 22.4 Å². The van der Waals surface area contributed by atoms with Crippen LogP contribution in [0, 0.1) is 5.82 Å². The van der Waals surface area contributed by atoms with Gasteiger partial charge in [-0.2, -0.15) is 13.2 Å². The molecule has 0 atom stereocenters. The Balaban J connectivity index is 1.76. The maximum atomic E-state index is 13.2. The first-order valence-electron chi connectivity index (χ1n) is 7.77. The summed E-state index contributed by atoms with van der Waals surface area (Å²) in [6, 6.07) is 11.5. The number of halogens is 4. The third kappa shape index (κ3) is 4.81. The van der Waals surface area contributed by atoms with Crippen LogP contribution in [0.1, 0.15) is 15.9 Å². The molecule has 138 valence electrons. The zero-order valence-corrected chi connectivity index (χ0v) is 13.7. The molecule has 2 N–H and O–H groups in total. The summed E-state index contributed by atoms with van der Waals surface area (Å²) < 4.78 is 51.5. The molecule has 1 aromatic heterocycles. The molecule has 0 radical (unpaired) electrons. The standard InChI is InChI=1S/C19H13F4N3O/c20-14-4-2-6-16(9-14)25-17-7-12(10-24-11-17)18(27)26-15-5-1-3-13(8-15)19(21,22)23/h1-11,25H,(H,26,27). The predicted molar refractivity (Wildman–Crippen MR) is 93.3 cm³/mol. The number of nitrogens with one attached hydrogen (secondary N) is 2. The van der Waals surface area contributed by atoms with Crippen LogP contribution in [0.3, 0.4) is 0 Å². The first-order valence-corrected chi connectivity index (χ1v) is 7.77. The minimum absolute atomic E-state index is 0.0123. The van der Waals surface area contributed by atoms with Crippen LogP contribution >= 0.6 is 0 Å². The predicted octanol–water partition coefficient (Wildman–Crippen LogP) is 5.24. The molecule has 0 aliphatic rings. The Bertz CT molecular complexity index is 973. The molecule has 1 heterocycles. The van der Waals surface area contributed by atoms with Crippen LogP contribution in [-0.4, -0.2) is 10.9 Å². The Hall–Kier alpha value is -3.42. The summed E-state index contributed by atoms with van der Waals surface area (Å²) in [5.41, 5.74) is 0.177. The molecule has 3 rings (SSSR count). The number of pyridine rings is 1. The smallest absolute Gasteiger partial charge is 0.354 e. The van der Waals surface area contributed by atoms with Crippen molar-refractivity contribution in [2.45, 2.75) is 6.18 Å². The van der Waals surface area contributed by atoms with Crippen molar-refractivity contribution in [2.24, 2.45) is 0 Å². The SMILES string of the molecule is O=C(Nc1cccc(C(F)(F)F)c1)c1cncc(Nc2cccc(F)c2)c1. The Morgan fingerprint density at radius 2 is 1.63 bits per heavy atom. The van der Waals surface area contributed by atoms with Crippen molar-refractivity contribution < 1.29 is 22.4 Å². The van der Waals surface area contributed by atoms with Gasteiger partial charge in [-0.1, -0.05) is 12.1 Å². The highest BCUT2D eigenvalue weighted by atomic mass is 19.4. The van der Waals surface area contributed by atoms with Crippen molar-refractivity contribution in [2.75, 3.05) is 10.6 Å². The third-order valence-corrected chi connectivity index (χ3v) is 3.56. The molecular weight excluding hydrogens is 362 g/mol. The average Bonchev–Trinajstić information content (AvgIpc) is 2.61. The van der Waals surface area contributed by atoms with Crippen molar-refractivity contribution >= 4 is 23.0 Å². The number of anilines is 3. The van der Waals surface area contributed by atoms with Gasteiger partial charge in [-0.25, -0.2) is 4.39 Å². The maximum absolute atomic E-state index is 13.2. The number of benzene rings is 2. The van der Waals surface area contributed by atoms with E-state index in [1.54, 1.807) is 6.07 Å². The molecule has 1 amide bonds. The van der Waals surface area contributed by atoms with Crippen molar-refractivity contribution in [3.8, 4) is 0 Å². The van der Waals surface area contributed by atoms with Gasteiger partial charge in [-0.15, -0.1) is 0 Å². The lowest BCUT2D eigenvalue weighted by Crippen LogP contribution is -2.13. The highest BCUT2D eigenvalue weighted by Gasteiger charge is 2.30. The second-order valence-electron chi connectivity index (χ2n) is 5.63. The lowest BCUT2D eigenvalue weighted by molar-refractivity contribution is -0.137. The van der Waals surface area contributed by atoms with E-state index in [0.717, 1.165) is 12.1 Å². The molecule has 0 aliphatic heterocycles. The van der Waals surface area contributed by atoms with E-state index in [2.05, 4.69) is 15.6 Å². The fraction of sp³-hybridized carbons (Fsp3) is 0.0526. The van der Waals surface area contributed by atoms with Gasteiger partial charge in [-0.05, 0) is 42.5 Å². The van der Waals surface area contributed by atoms with Crippen molar-refractivity contribution in [1.29, 1.82) is 0 Å². The molecule has 0 unspecified atom stereocenters. The summed E-state index contributed by atoms with van der Waals surface area (Å²) in [7, 11) is 0. The van der Waals surface area contributed by atoms with E-state index in [1.165, 1.54) is 48.8 Å². The number of carbonyl (C=O) groups is 1. The van der Waals surface area contributed by atoms with Crippen LogP contribution < -0.4 is 10.6 Å². The van der Waals surface area contributed by atoms with E-state index >= 15 is 0 Å². The lowest BCUT2D eigenvalue weighted by atomic mass is 10.2. The minimum Gasteiger partial charge on any atom is -0.354 e. The quantitative estimate of drug-likeness (QED) is 0.614. The second kappa shape index (κ2) is 7.45. The number of hydrogen-bond donors (Lipinski definition) is 2. The number of alkyl halides is 3. The van der Waals surface area contributed by atoms with Crippen LogP contribution in [0.5, 0.6) is 0 Å². The summed E-state index contributed by atoms with van der Waals surface area (Å²) in [6.07, 6.45) is -1.79.